The summed E-state index contributed by atoms with van der Waals surface area (Å²) in [6.07, 6.45) is 2.54. The summed E-state index contributed by atoms with van der Waals surface area (Å²) in [7, 11) is 0. The first-order chi connectivity index (χ1) is 20.1. The van der Waals surface area contributed by atoms with Crippen LogP contribution in [0.15, 0.2) is 61.2 Å². The van der Waals surface area contributed by atoms with Gasteiger partial charge in [-0.15, -0.1) is 0 Å². The van der Waals surface area contributed by atoms with E-state index in [1.807, 2.05) is 36.4 Å². The number of alkyl carbamates (subject to hydrolysis) is 1. The second kappa shape index (κ2) is 13.9. The summed E-state index contributed by atoms with van der Waals surface area (Å²) >= 11 is 0. The Bertz CT molecular complexity index is 1310. The molecule has 0 heterocycles. The van der Waals surface area contributed by atoms with Gasteiger partial charge in [-0.3, -0.25) is 9.59 Å². The van der Waals surface area contributed by atoms with Crippen LogP contribution in [0.1, 0.15) is 84.0 Å². The van der Waals surface area contributed by atoms with Gasteiger partial charge in [-0.1, -0.05) is 61.2 Å². The van der Waals surface area contributed by atoms with Crippen LogP contribution in [0.5, 0.6) is 0 Å². The third-order valence-electron chi connectivity index (χ3n) is 6.58. The minimum Gasteiger partial charge on any atom is -0.458 e. The van der Waals surface area contributed by atoms with Crippen molar-refractivity contribution in [2.24, 2.45) is 0 Å². The summed E-state index contributed by atoms with van der Waals surface area (Å²) in [5.41, 5.74) is 0.655. The highest BCUT2D eigenvalue weighted by Crippen LogP contribution is 2.36. The maximum atomic E-state index is 14.3. The van der Waals surface area contributed by atoms with Crippen molar-refractivity contribution < 1.29 is 28.7 Å². The predicted molar refractivity (Wildman–Crippen MR) is 166 cm³/mol. The first kappa shape index (κ1) is 33.4. The summed E-state index contributed by atoms with van der Waals surface area (Å²) in [6.45, 7) is 15.9. The summed E-state index contributed by atoms with van der Waals surface area (Å²) < 4.78 is 11.0. The zero-order chi connectivity index (χ0) is 31.9. The zero-order valence-corrected chi connectivity index (χ0v) is 26.3. The molecule has 1 saturated carbocycles. The lowest BCUT2D eigenvalue weighted by atomic mass is 9.99. The molecule has 43 heavy (non-hydrogen) atoms. The topological polar surface area (TPSA) is 114 Å². The molecule has 1 fully saturated rings. The standard InChI is InChI=1S/C34H45N3O6/c1-9-23-16-13-17-25(20-23)28(37(26-18-19-26)30(39)22(2)35-32(41)43-34(6,7)8)29(38)36-27(31(40)42-33(3,4)5)21-24-14-11-10-12-15-24/h9-17,20,22,26-28H,1,18-19,21H2,2-8H3,(H,35,41)(H,36,38). The van der Waals surface area contributed by atoms with Crippen LogP contribution < -0.4 is 10.6 Å². The molecule has 0 aliphatic heterocycles. The van der Waals surface area contributed by atoms with E-state index in [1.54, 1.807) is 72.7 Å². The lowest BCUT2D eigenvalue weighted by Crippen LogP contribution is -2.55. The van der Waals surface area contributed by atoms with Gasteiger partial charge in [-0.05, 0) is 84.1 Å². The number of nitrogens with one attached hydrogen (secondary N) is 2. The Kier molecular flexibility index (Phi) is 10.8. The third-order valence-corrected chi connectivity index (χ3v) is 6.58. The minimum absolute atomic E-state index is 0.203. The van der Waals surface area contributed by atoms with Crippen LogP contribution in [0.3, 0.4) is 0 Å². The maximum absolute atomic E-state index is 14.3. The van der Waals surface area contributed by atoms with E-state index in [1.165, 1.54) is 4.90 Å². The number of hydrogen-bond acceptors (Lipinski definition) is 6. The van der Waals surface area contributed by atoms with Crippen LogP contribution in [0.2, 0.25) is 0 Å². The van der Waals surface area contributed by atoms with Gasteiger partial charge in [0.15, 0.2) is 0 Å². The molecule has 232 valence electrons. The van der Waals surface area contributed by atoms with Crippen LogP contribution in [-0.2, 0) is 30.3 Å². The van der Waals surface area contributed by atoms with E-state index in [2.05, 4.69) is 17.2 Å². The third kappa shape index (κ3) is 10.3. The number of ether oxygens (including phenoxy) is 2. The molecule has 3 amide bonds. The number of hydrogen-bond donors (Lipinski definition) is 2. The Morgan fingerprint density at radius 3 is 2.12 bits per heavy atom. The molecule has 3 rings (SSSR count). The van der Waals surface area contributed by atoms with Crippen molar-refractivity contribution >= 4 is 30.0 Å². The van der Waals surface area contributed by atoms with Gasteiger partial charge in [-0.2, -0.15) is 0 Å². The molecule has 1 aliphatic carbocycles. The predicted octanol–water partition coefficient (Wildman–Crippen LogP) is 5.34. The van der Waals surface area contributed by atoms with Crippen LogP contribution >= 0.6 is 0 Å². The maximum Gasteiger partial charge on any atom is 0.408 e. The van der Waals surface area contributed by atoms with Crippen molar-refractivity contribution in [2.45, 2.75) is 103 Å². The Hall–Kier alpha value is -4.14. The zero-order valence-electron chi connectivity index (χ0n) is 26.3. The number of rotatable bonds is 11. The largest absolute Gasteiger partial charge is 0.458 e. The number of nitrogens with zero attached hydrogens (tertiary/aromatic N) is 1. The molecule has 0 aromatic heterocycles. The van der Waals surface area contributed by atoms with Gasteiger partial charge in [0.1, 0.15) is 29.3 Å². The molecule has 0 radical (unpaired) electrons. The van der Waals surface area contributed by atoms with E-state index in [0.717, 1.165) is 11.1 Å². The van der Waals surface area contributed by atoms with E-state index >= 15 is 0 Å². The Morgan fingerprint density at radius 2 is 1.56 bits per heavy atom. The first-order valence-corrected chi connectivity index (χ1v) is 14.7. The van der Waals surface area contributed by atoms with Gasteiger partial charge in [0.25, 0.3) is 0 Å². The quantitative estimate of drug-likeness (QED) is 0.341. The second-order valence-electron chi connectivity index (χ2n) is 12.9. The van der Waals surface area contributed by atoms with Crippen LogP contribution in [0.25, 0.3) is 6.08 Å². The minimum atomic E-state index is -1.08. The lowest BCUT2D eigenvalue weighted by Gasteiger charge is -2.35. The fourth-order valence-electron chi connectivity index (χ4n) is 4.60. The average molecular weight is 592 g/mol. The van der Waals surface area contributed by atoms with Gasteiger partial charge < -0.3 is 25.0 Å². The van der Waals surface area contributed by atoms with Crippen molar-refractivity contribution in [3.8, 4) is 0 Å². The summed E-state index contributed by atoms with van der Waals surface area (Å²) in [5, 5.41) is 5.52. The molecule has 0 saturated heterocycles. The molecule has 9 nitrogen and oxygen atoms in total. The number of esters is 1. The molecule has 3 unspecified atom stereocenters. The molecule has 2 aromatic carbocycles. The van der Waals surface area contributed by atoms with Crippen LogP contribution in [0, 0.1) is 0 Å². The monoisotopic (exact) mass is 591 g/mol. The highest BCUT2D eigenvalue weighted by atomic mass is 16.6. The number of benzene rings is 2. The molecule has 2 N–H and O–H groups in total. The smallest absolute Gasteiger partial charge is 0.408 e. The number of carbonyl (C=O) groups is 4. The molecular formula is C34H45N3O6. The van der Waals surface area contributed by atoms with Crippen LogP contribution in [-0.4, -0.2) is 58.1 Å². The van der Waals surface area contributed by atoms with E-state index in [-0.39, 0.29) is 12.5 Å². The summed E-state index contributed by atoms with van der Waals surface area (Å²) in [4.78, 5) is 55.6. The van der Waals surface area contributed by atoms with E-state index in [4.69, 9.17) is 9.47 Å². The Morgan fingerprint density at radius 1 is 0.930 bits per heavy atom. The Balaban J connectivity index is 1.99. The SMILES string of the molecule is C=Cc1cccc(C(C(=O)NC(Cc2ccccc2)C(=O)OC(C)(C)C)N(C(=O)C(C)NC(=O)OC(C)(C)C)C2CC2)c1. The van der Waals surface area contributed by atoms with E-state index in [9.17, 15) is 19.2 Å². The Labute approximate surface area is 255 Å². The molecule has 2 aromatic rings. The normalized spacial score (nSPS) is 15.3. The van der Waals surface area contributed by atoms with Crippen LogP contribution in [0.4, 0.5) is 4.79 Å². The summed E-state index contributed by atoms with van der Waals surface area (Å²) in [5.74, 6) is -1.54. The van der Waals surface area contributed by atoms with Gasteiger partial charge in [0.05, 0.1) is 0 Å². The highest BCUT2D eigenvalue weighted by Gasteiger charge is 2.44. The number of carbonyl (C=O) groups excluding carboxylic acids is 4. The molecule has 3 atom stereocenters. The van der Waals surface area contributed by atoms with E-state index in [0.29, 0.717) is 18.4 Å². The molecule has 1 aliphatic rings. The van der Waals surface area contributed by atoms with Crippen molar-refractivity contribution in [1.29, 1.82) is 0 Å². The summed E-state index contributed by atoms with van der Waals surface area (Å²) in [6, 6.07) is 13.3. The fraction of sp³-hybridized carbons (Fsp3) is 0.471. The van der Waals surface area contributed by atoms with Crippen molar-refractivity contribution in [3.63, 3.8) is 0 Å². The fourth-order valence-corrected chi connectivity index (χ4v) is 4.60. The first-order valence-electron chi connectivity index (χ1n) is 14.7. The highest BCUT2D eigenvalue weighted by molar-refractivity contribution is 5.94. The molecule has 0 bridgehead atoms. The average Bonchev–Trinajstić information content (AvgIpc) is 3.74. The van der Waals surface area contributed by atoms with Crippen molar-refractivity contribution in [1.82, 2.24) is 15.5 Å². The molecular weight excluding hydrogens is 546 g/mol. The van der Waals surface area contributed by atoms with Crippen molar-refractivity contribution in [3.05, 3.63) is 77.9 Å². The number of amides is 3. The van der Waals surface area contributed by atoms with Crippen molar-refractivity contribution in [2.75, 3.05) is 0 Å². The second-order valence-corrected chi connectivity index (χ2v) is 12.9. The lowest BCUT2D eigenvalue weighted by molar-refractivity contribution is -0.159. The van der Waals surface area contributed by atoms with Gasteiger partial charge in [0.2, 0.25) is 11.8 Å². The van der Waals surface area contributed by atoms with Gasteiger partial charge in [-0.25, -0.2) is 9.59 Å². The van der Waals surface area contributed by atoms with Gasteiger partial charge >= 0.3 is 12.1 Å². The van der Waals surface area contributed by atoms with Gasteiger partial charge in [0, 0.05) is 12.5 Å². The molecule has 0 spiro atoms. The molecule has 9 heteroatoms. The van der Waals surface area contributed by atoms with E-state index < -0.39 is 53.2 Å².